The Bertz CT molecular complexity index is 1360. The molecule has 14 nitrogen and oxygen atoms in total. The molecule has 60 heavy (non-hydrogen) atoms. The van der Waals surface area contributed by atoms with E-state index >= 15 is 0 Å². The lowest BCUT2D eigenvalue weighted by Gasteiger charge is -2.20. The molecule has 0 radical (unpaired) electrons. The SMILES string of the molecule is CCCCC/C=C\CC1OC1C/C=C\C/C=C\CCCC(=O)OC[C@H](COP(=O)(O)OC[C@@H](O)COP(=O)(O)O)OC(=O)CCCCCCC/C=C\C=C/CCCCCC. The summed E-state index contributed by atoms with van der Waals surface area (Å²) in [5.41, 5.74) is 0. The first kappa shape index (κ1) is 55.8. The van der Waals surface area contributed by atoms with Gasteiger partial charge in [0.15, 0.2) is 6.10 Å². The highest BCUT2D eigenvalue weighted by atomic mass is 31.2. The Morgan fingerprint density at radius 3 is 1.77 bits per heavy atom. The van der Waals surface area contributed by atoms with E-state index in [4.69, 9.17) is 28.5 Å². The van der Waals surface area contributed by atoms with Crippen molar-refractivity contribution in [2.45, 2.75) is 180 Å². The van der Waals surface area contributed by atoms with Crippen LogP contribution >= 0.6 is 15.6 Å². The third kappa shape index (κ3) is 36.4. The number of carbonyl (C=O) groups is 2. The molecule has 0 aromatic rings. The van der Waals surface area contributed by atoms with Crippen molar-refractivity contribution in [1.82, 2.24) is 0 Å². The molecule has 1 fully saturated rings. The number of unbranched alkanes of at least 4 members (excludes halogenated alkanes) is 13. The van der Waals surface area contributed by atoms with E-state index in [1.807, 2.05) is 12.2 Å². The van der Waals surface area contributed by atoms with Crippen LogP contribution in [0.5, 0.6) is 0 Å². The third-order valence-electron chi connectivity index (χ3n) is 9.30. The highest BCUT2D eigenvalue weighted by molar-refractivity contribution is 7.47. The van der Waals surface area contributed by atoms with Gasteiger partial charge in [0, 0.05) is 12.8 Å². The fourth-order valence-corrected chi connectivity index (χ4v) is 6.94. The van der Waals surface area contributed by atoms with E-state index in [-0.39, 0.29) is 12.8 Å². The molecular formula is C44H76O14P2. The first-order chi connectivity index (χ1) is 28.8. The van der Waals surface area contributed by atoms with Gasteiger partial charge in [-0.3, -0.25) is 23.2 Å². The predicted octanol–water partition coefficient (Wildman–Crippen LogP) is 10.2. The Morgan fingerprint density at radius 1 is 0.583 bits per heavy atom. The van der Waals surface area contributed by atoms with Gasteiger partial charge in [0.25, 0.3) is 0 Å². The first-order valence-corrected chi connectivity index (χ1v) is 25.1. The molecule has 1 aliphatic rings. The Kier molecular flexibility index (Phi) is 33.7. The minimum atomic E-state index is -4.87. The molecule has 16 heteroatoms. The molecule has 5 atom stereocenters. The molecule has 0 saturated carbocycles. The summed E-state index contributed by atoms with van der Waals surface area (Å²) in [4.78, 5) is 52.7. The Labute approximate surface area is 359 Å². The number of hydrogen-bond acceptors (Lipinski definition) is 11. The number of hydrogen-bond donors (Lipinski definition) is 4. The van der Waals surface area contributed by atoms with E-state index in [2.05, 4.69) is 71.5 Å². The molecular weight excluding hydrogens is 814 g/mol. The van der Waals surface area contributed by atoms with E-state index in [0.717, 1.165) is 64.2 Å². The minimum Gasteiger partial charge on any atom is -0.462 e. The highest BCUT2D eigenvalue weighted by Gasteiger charge is 2.36. The van der Waals surface area contributed by atoms with Gasteiger partial charge in [-0.15, -0.1) is 0 Å². The van der Waals surface area contributed by atoms with E-state index in [1.165, 1.54) is 44.9 Å². The largest absolute Gasteiger partial charge is 0.472 e. The van der Waals surface area contributed by atoms with Gasteiger partial charge in [-0.25, -0.2) is 9.13 Å². The molecule has 3 unspecified atom stereocenters. The van der Waals surface area contributed by atoms with Crippen molar-refractivity contribution in [3.05, 3.63) is 60.8 Å². The van der Waals surface area contributed by atoms with Crippen LogP contribution in [-0.2, 0) is 46.5 Å². The van der Waals surface area contributed by atoms with Crippen molar-refractivity contribution in [3.63, 3.8) is 0 Å². The molecule has 0 amide bonds. The number of epoxide rings is 1. The number of esters is 2. The number of phosphoric ester groups is 2. The topological polar surface area (TPSA) is 208 Å². The van der Waals surface area contributed by atoms with Crippen LogP contribution in [0.4, 0.5) is 0 Å². The fraction of sp³-hybridized carbons (Fsp3) is 0.727. The maximum absolute atomic E-state index is 12.7. The number of aliphatic hydroxyl groups excluding tert-OH is 1. The predicted molar refractivity (Wildman–Crippen MR) is 234 cm³/mol. The molecule has 1 rings (SSSR count). The normalized spacial score (nSPS) is 18.0. The van der Waals surface area contributed by atoms with Crippen molar-refractivity contribution in [3.8, 4) is 0 Å². The summed E-state index contributed by atoms with van der Waals surface area (Å²) in [5, 5.41) is 9.75. The maximum atomic E-state index is 12.7. The molecule has 4 N–H and O–H groups in total. The zero-order valence-electron chi connectivity index (χ0n) is 36.2. The van der Waals surface area contributed by atoms with Gasteiger partial charge in [0.05, 0.1) is 32.0 Å². The summed E-state index contributed by atoms with van der Waals surface area (Å²) < 4.78 is 53.5. The lowest BCUT2D eigenvalue weighted by atomic mass is 10.1. The van der Waals surface area contributed by atoms with Crippen molar-refractivity contribution in [2.75, 3.05) is 26.4 Å². The molecule has 0 spiro atoms. The average Bonchev–Trinajstić information content (AvgIpc) is 3.96. The minimum absolute atomic E-state index is 0.0969. The van der Waals surface area contributed by atoms with Crippen LogP contribution < -0.4 is 0 Å². The Balaban J connectivity index is 2.41. The van der Waals surface area contributed by atoms with E-state index in [0.29, 0.717) is 31.5 Å². The van der Waals surface area contributed by atoms with Gasteiger partial charge >= 0.3 is 27.6 Å². The number of aliphatic hydroxyl groups is 1. The van der Waals surface area contributed by atoms with Crippen LogP contribution in [0, 0.1) is 0 Å². The van der Waals surface area contributed by atoms with Gasteiger partial charge < -0.3 is 34.0 Å². The second kappa shape index (κ2) is 36.3. The Hall–Kier alpha value is -2.22. The van der Waals surface area contributed by atoms with Gasteiger partial charge in [0.1, 0.15) is 12.7 Å². The molecule has 0 aromatic heterocycles. The van der Waals surface area contributed by atoms with Gasteiger partial charge in [-0.2, -0.15) is 0 Å². The molecule has 1 aliphatic heterocycles. The summed E-state index contributed by atoms with van der Waals surface area (Å²) in [7, 11) is -9.70. The number of allylic oxidation sites excluding steroid dienone is 8. The maximum Gasteiger partial charge on any atom is 0.472 e. The van der Waals surface area contributed by atoms with Crippen LogP contribution in [-0.4, -0.2) is 82.6 Å². The van der Waals surface area contributed by atoms with Gasteiger partial charge in [0.2, 0.25) is 0 Å². The smallest absolute Gasteiger partial charge is 0.462 e. The highest BCUT2D eigenvalue weighted by Crippen LogP contribution is 2.44. The van der Waals surface area contributed by atoms with Crippen LogP contribution in [0.2, 0.25) is 0 Å². The van der Waals surface area contributed by atoms with Crippen LogP contribution in [0.25, 0.3) is 0 Å². The number of rotatable bonds is 40. The summed E-state index contributed by atoms with van der Waals surface area (Å²) >= 11 is 0. The van der Waals surface area contributed by atoms with Crippen LogP contribution in [0.3, 0.4) is 0 Å². The third-order valence-corrected chi connectivity index (χ3v) is 10.7. The molecule has 0 bridgehead atoms. The van der Waals surface area contributed by atoms with Crippen molar-refractivity contribution >= 4 is 27.6 Å². The van der Waals surface area contributed by atoms with Crippen molar-refractivity contribution in [1.29, 1.82) is 0 Å². The molecule has 346 valence electrons. The van der Waals surface area contributed by atoms with Crippen molar-refractivity contribution in [2.24, 2.45) is 0 Å². The van der Waals surface area contributed by atoms with Gasteiger partial charge in [-0.1, -0.05) is 126 Å². The summed E-state index contributed by atoms with van der Waals surface area (Å²) in [6.45, 7) is 1.61. The van der Waals surface area contributed by atoms with Gasteiger partial charge in [-0.05, 0) is 77.0 Å². The molecule has 0 aromatic carbocycles. The monoisotopic (exact) mass is 890 g/mol. The van der Waals surface area contributed by atoms with E-state index < -0.39 is 66.2 Å². The average molecular weight is 891 g/mol. The first-order valence-electron chi connectivity index (χ1n) is 22.1. The summed E-state index contributed by atoms with van der Waals surface area (Å²) in [6, 6.07) is 0. The number of ether oxygens (including phenoxy) is 3. The number of phosphoric acid groups is 2. The lowest BCUT2D eigenvalue weighted by Crippen LogP contribution is -2.30. The lowest BCUT2D eigenvalue weighted by molar-refractivity contribution is -0.161. The van der Waals surface area contributed by atoms with E-state index in [1.54, 1.807) is 0 Å². The second-order valence-electron chi connectivity index (χ2n) is 15.0. The van der Waals surface area contributed by atoms with E-state index in [9.17, 15) is 28.7 Å². The zero-order chi connectivity index (χ0) is 44.2. The fourth-order valence-electron chi connectivity index (χ4n) is 5.78. The molecule has 0 aliphatic carbocycles. The summed E-state index contributed by atoms with van der Waals surface area (Å²) in [5.74, 6) is -1.12. The standard InChI is InChI=1S/C44H76O14P2/c1-3-5-7-9-11-12-13-14-15-16-17-18-21-26-30-34-44(47)57-40(38-56-60(51,52)55-36-39(45)35-54-59(48,49)50)37-53-43(46)33-29-25-22-19-20-24-28-32-42-41(58-42)31-27-23-10-8-6-4-2/h12-15,19,22-24,27-28,39-42,45H,3-11,16-18,20-21,25-26,29-38H2,1-2H3,(H,51,52)(H2,48,49,50)/b13-12-,15-14-,22-19-,27-23-,28-24-/t39-,40+,41?,42?/m0/s1. The van der Waals surface area contributed by atoms with Crippen LogP contribution in [0.15, 0.2) is 60.8 Å². The second-order valence-corrected chi connectivity index (χ2v) is 17.7. The summed E-state index contributed by atoms with van der Waals surface area (Å²) in [6.07, 6.45) is 39.6. The molecule has 1 heterocycles. The quantitative estimate of drug-likeness (QED) is 0.0113. The Morgan fingerprint density at radius 2 is 1.08 bits per heavy atom. The van der Waals surface area contributed by atoms with Crippen LogP contribution in [0.1, 0.15) is 155 Å². The van der Waals surface area contributed by atoms with Crippen molar-refractivity contribution < 1.29 is 66.3 Å². The zero-order valence-corrected chi connectivity index (χ0v) is 38.0. The molecule has 1 saturated heterocycles. The number of carbonyl (C=O) groups excluding carboxylic acids is 2.